The van der Waals surface area contributed by atoms with Crippen molar-refractivity contribution >= 4 is 11.7 Å². The lowest BCUT2D eigenvalue weighted by Crippen LogP contribution is -2.26. The summed E-state index contributed by atoms with van der Waals surface area (Å²) in [6, 6.07) is 5.71. The molecule has 92 valence electrons. The zero-order valence-electron chi connectivity index (χ0n) is 10.4. The Morgan fingerprint density at radius 2 is 2.18 bits per heavy atom. The van der Waals surface area contributed by atoms with E-state index in [1.165, 1.54) is 11.9 Å². The number of carbonyl (C=O) groups is 1. The van der Waals surface area contributed by atoms with Crippen molar-refractivity contribution in [1.29, 1.82) is 0 Å². The summed E-state index contributed by atoms with van der Waals surface area (Å²) < 4.78 is 5.22. The zero-order chi connectivity index (χ0) is 13.0. The standard InChI is InChI=1S/C13H17NO3/c1-9-5-6-11(7-12(9)17-4)10(2)8-14(3)13(15)16/h5-7H,2,8H2,1,3-4H3,(H,15,16). The van der Waals surface area contributed by atoms with Crippen LogP contribution in [-0.2, 0) is 0 Å². The minimum absolute atomic E-state index is 0.279. The quantitative estimate of drug-likeness (QED) is 0.872. The number of hydrogen-bond donors (Lipinski definition) is 1. The van der Waals surface area contributed by atoms with Gasteiger partial charge in [0.05, 0.1) is 7.11 Å². The third-order valence-corrected chi connectivity index (χ3v) is 2.57. The Morgan fingerprint density at radius 3 is 2.71 bits per heavy atom. The molecule has 1 aromatic carbocycles. The Bertz CT molecular complexity index is 440. The molecule has 0 saturated heterocycles. The largest absolute Gasteiger partial charge is 0.496 e. The van der Waals surface area contributed by atoms with Crippen molar-refractivity contribution in [2.24, 2.45) is 0 Å². The third-order valence-electron chi connectivity index (χ3n) is 2.57. The normalized spacial score (nSPS) is 9.82. The Labute approximate surface area is 101 Å². The molecule has 0 spiro atoms. The molecule has 4 heteroatoms. The lowest BCUT2D eigenvalue weighted by molar-refractivity contribution is 0.161. The lowest BCUT2D eigenvalue weighted by Gasteiger charge is -2.16. The number of nitrogens with zero attached hydrogens (tertiary/aromatic N) is 1. The first kappa shape index (κ1) is 13.1. The van der Waals surface area contributed by atoms with Crippen molar-refractivity contribution in [2.75, 3.05) is 20.7 Å². The first-order valence-corrected chi connectivity index (χ1v) is 5.22. The van der Waals surface area contributed by atoms with Crippen LogP contribution >= 0.6 is 0 Å². The number of carboxylic acid groups (broad SMARTS) is 1. The molecule has 0 atom stereocenters. The smallest absolute Gasteiger partial charge is 0.407 e. The van der Waals surface area contributed by atoms with Crippen molar-refractivity contribution in [3.8, 4) is 5.75 Å². The minimum atomic E-state index is -0.967. The number of ether oxygens (including phenoxy) is 1. The highest BCUT2D eigenvalue weighted by molar-refractivity contribution is 5.72. The maximum atomic E-state index is 10.7. The van der Waals surface area contributed by atoms with Gasteiger partial charge in [-0.25, -0.2) is 4.79 Å². The molecule has 1 aromatic rings. The summed E-state index contributed by atoms with van der Waals surface area (Å²) in [5.41, 5.74) is 2.67. The highest BCUT2D eigenvalue weighted by atomic mass is 16.5. The van der Waals surface area contributed by atoms with Crippen molar-refractivity contribution < 1.29 is 14.6 Å². The molecule has 0 aliphatic rings. The zero-order valence-corrected chi connectivity index (χ0v) is 10.4. The van der Waals surface area contributed by atoms with Gasteiger partial charge in [-0.2, -0.15) is 0 Å². The third kappa shape index (κ3) is 3.24. The van der Waals surface area contributed by atoms with Crippen LogP contribution in [0.2, 0.25) is 0 Å². The maximum absolute atomic E-state index is 10.7. The first-order chi connectivity index (χ1) is 7.95. The maximum Gasteiger partial charge on any atom is 0.407 e. The van der Waals surface area contributed by atoms with E-state index in [1.54, 1.807) is 7.11 Å². The Hall–Kier alpha value is -1.97. The molecule has 0 aromatic heterocycles. The van der Waals surface area contributed by atoms with E-state index in [9.17, 15) is 4.79 Å². The van der Waals surface area contributed by atoms with Crippen molar-refractivity contribution in [3.05, 3.63) is 35.9 Å². The summed E-state index contributed by atoms with van der Waals surface area (Å²) in [5.74, 6) is 0.779. The SMILES string of the molecule is C=C(CN(C)C(=O)O)c1ccc(C)c(OC)c1. The lowest BCUT2D eigenvalue weighted by atomic mass is 10.0. The molecule has 4 nitrogen and oxygen atoms in total. The van der Waals surface area contributed by atoms with Crippen LogP contribution in [0.4, 0.5) is 4.79 Å². The molecule has 1 N–H and O–H groups in total. The predicted octanol–water partition coefficient (Wildman–Crippen LogP) is 2.63. The van der Waals surface area contributed by atoms with Crippen LogP contribution in [0.3, 0.4) is 0 Å². The van der Waals surface area contributed by atoms with Gasteiger partial charge in [0.25, 0.3) is 0 Å². The summed E-state index contributed by atoms with van der Waals surface area (Å²) in [5, 5.41) is 8.78. The molecule has 0 aliphatic carbocycles. The molecule has 1 rings (SSSR count). The topological polar surface area (TPSA) is 49.8 Å². The van der Waals surface area contributed by atoms with Gasteiger partial charge >= 0.3 is 6.09 Å². The molecule has 0 heterocycles. The van der Waals surface area contributed by atoms with Crippen LogP contribution < -0.4 is 4.74 Å². The van der Waals surface area contributed by atoms with Crippen LogP contribution in [0.1, 0.15) is 11.1 Å². The van der Waals surface area contributed by atoms with E-state index in [0.717, 1.165) is 22.4 Å². The van der Waals surface area contributed by atoms with E-state index >= 15 is 0 Å². The van der Waals surface area contributed by atoms with E-state index in [2.05, 4.69) is 6.58 Å². The Balaban J connectivity index is 2.86. The summed E-state index contributed by atoms with van der Waals surface area (Å²) in [4.78, 5) is 11.9. The number of rotatable bonds is 4. The molecule has 1 amide bonds. The number of likely N-dealkylation sites (N-methyl/N-ethyl adjacent to an activating group) is 1. The average molecular weight is 235 g/mol. The van der Waals surface area contributed by atoms with Gasteiger partial charge < -0.3 is 14.7 Å². The Kier molecular flexibility index (Phi) is 4.15. The minimum Gasteiger partial charge on any atom is -0.496 e. The fourth-order valence-corrected chi connectivity index (χ4v) is 1.49. The summed E-state index contributed by atoms with van der Waals surface area (Å²) in [6.07, 6.45) is -0.967. The van der Waals surface area contributed by atoms with E-state index in [1.807, 2.05) is 25.1 Å². The molecular weight excluding hydrogens is 218 g/mol. The van der Waals surface area contributed by atoms with Gasteiger partial charge in [0.2, 0.25) is 0 Å². The number of methoxy groups -OCH3 is 1. The molecule has 0 unspecified atom stereocenters. The number of aryl methyl sites for hydroxylation is 1. The molecule has 0 bridgehead atoms. The van der Waals surface area contributed by atoms with Gasteiger partial charge in [-0.05, 0) is 29.7 Å². The van der Waals surface area contributed by atoms with E-state index < -0.39 is 6.09 Å². The number of hydrogen-bond acceptors (Lipinski definition) is 2. The molecule has 17 heavy (non-hydrogen) atoms. The van der Waals surface area contributed by atoms with E-state index in [4.69, 9.17) is 9.84 Å². The molecule has 0 fully saturated rings. The van der Waals surface area contributed by atoms with Crippen LogP contribution in [0.5, 0.6) is 5.75 Å². The fraction of sp³-hybridized carbons (Fsp3) is 0.308. The van der Waals surface area contributed by atoms with Gasteiger partial charge in [0.1, 0.15) is 5.75 Å². The van der Waals surface area contributed by atoms with Gasteiger partial charge in [-0.15, -0.1) is 0 Å². The van der Waals surface area contributed by atoms with Crippen molar-refractivity contribution in [3.63, 3.8) is 0 Å². The summed E-state index contributed by atoms with van der Waals surface area (Å²) in [6.45, 7) is 6.12. The summed E-state index contributed by atoms with van der Waals surface area (Å²) >= 11 is 0. The van der Waals surface area contributed by atoms with Crippen LogP contribution in [-0.4, -0.2) is 36.8 Å². The number of amides is 1. The van der Waals surface area contributed by atoms with E-state index in [-0.39, 0.29) is 6.54 Å². The van der Waals surface area contributed by atoms with Crippen molar-refractivity contribution in [2.45, 2.75) is 6.92 Å². The van der Waals surface area contributed by atoms with Crippen LogP contribution in [0, 0.1) is 6.92 Å². The fourth-order valence-electron chi connectivity index (χ4n) is 1.49. The molecule has 0 saturated carbocycles. The first-order valence-electron chi connectivity index (χ1n) is 5.22. The average Bonchev–Trinajstić information content (AvgIpc) is 2.29. The predicted molar refractivity (Wildman–Crippen MR) is 67.4 cm³/mol. The van der Waals surface area contributed by atoms with Gasteiger partial charge in [0.15, 0.2) is 0 Å². The van der Waals surface area contributed by atoms with E-state index in [0.29, 0.717) is 0 Å². The molecule has 0 aliphatic heterocycles. The van der Waals surface area contributed by atoms with Crippen molar-refractivity contribution in [1.82, 2.24) is 4.90 Å². The summed E-state index contributed by atoms with van der Waals surface area (Å²) in [7, 11) is 3.12. The second-order valence-corrected chi connectivity index (χ2v) is 3.93. The highest BCUT2D eigenvalue weighted by Crippen LogP contribution is 2.23. The molecule has 0 radical (unpaired) electrons. The van der Waals surface area contributed by atoms with Crippen LogP contribution in [0.15, 0.2) is 24.8 Å². The monoisotopic (exact) mass is 235 g/mol. The van der Waals surface area contributed by atoms with Gasteiger partial charge in [-0.1, -0.05) is 18.7 Å². The molecular formula is C13H17NO3. The highest BCUT2D eigenvalue weighted by Gasteiger charge is 2.09. The second kappa shape index (κ2) is 5.39. The van der Waals surface area contributed by atoms with Crippen LogP contribution in [0.25, 0.3) is 5.57 Å². The second-order valence-electron chi connectivity index (χ2n) is 3.93. The Morgan fingerprint density at radius 1 is 1.53 bits per heavy atom. The van der Waals surface area contributed by atoms with Gasteiger partial charge in [-0.3, -0.25) is 0 Å². The number of benzene rings is 1. The van der Waals surface area contributed by atoms with Gasteiger partial charge in [0, 0.05) is 13.6 Å².